The van der Waals surface area contributed by atoms with E-state index in [4.69, 9.17) is 18.9 Å². The van der Waals surface area contributed by atoms with Crippen LogP contribution in [-0.4, -0.2) is 45.3 Å². The van der Waals surface area contributed by atoms with Crippen LogP contribution in [0.4, 0.5) is 0 Å². The Balaban J connectivity index is 1.70. The van der Waals surface area contributed by atoms with E-state index in [0.717, 1.165) is 26.9 Å². The van der Waals surface area contributed by atoms with Gasteiger partial charge in [0.05, 0.1) is 32.9 Å². The van der Waals surface area contributed by atoms with E-state index in [0.29, 0.717) is 36.0 Å². The average molecular weight is 559 g/mol. The van der Waals surface area contributed by atoms with Gasteiger partial charge in [-0.25, -0.2) is 0 Å². The summed E-state index contributed by atoms with van der Waals surface area (Å²) in [7, 11) is 4.88. The Morgan fingerprint density at radius 2 is 1.61 bits per heavy atom. The van der Waals surface area contributed by atoms with Gasteiger partial charge in [0.2, 0.25) is 0 Å². The second-order valence-corrected chi connectivity index (χ2v) is 8.80. The minimum atomic E-state index is -0.279. The standard InChI is InChI=1S/C26H26INO5/c1-30-18-8-10-19(11-9-18)33-16-23-21-15-25(32-3)24(31-2)14-17(21)12-13-28(23)26(29)20-6-4-5-7-22(20)27/h4-11,14-15,23H,12-13,16H2,1-3H3. The number of benzene rings is 3. The fourth-order valence-electron chi connectivity index (χ4n) is 4.09. The number of amides is 1. The van der Waals surface area contributed by atoms with Gasteiger partial charge in [-0.3, -0.25) is 4.79 Å². The van der Waals surface area contributed by atoms with E-state index in [9.17, 15) is 4.79 Å². The molecule has 1 aliphatic heterocycles. The Kier molecular flexibility index (Phi) is 7.27. The molecule has 1 atom stereocenters. The van der Waals surface area contributed by atoms with E-state index in [-0.39, 0.29) is 11.9 Å². The molecule has 1 amide bonds. The minimum Gasteiger partial charge on any atom is -0.497 e. The van der Waals surface area contributed by atoms with E-state index in [1.807, 2.05) is 65.6 Å². The fourth-order valence-corrected chi connectivity index (χ4v) is 4.71. The van der Waals surface area contributed by atoms with Crippen molar-refractivity contribution in [3.63, 3.8) is 0 Å². The van der Waals surface area contributed by atoms with Crippen LogP contribution in [0.2, 0.25) is 0 Å². The maximum Gasteiger partial charge on any atom is 0.255 e. The SMILES string of the molecule is COc1ccc(OCC2c3cc(OC)c(OC)cc3CCN2C(=O)c2ccccc2I)cc1. The number of halogens is 1. The molecule has 0 N–H and O–H groups in total. The van der Waals surface area contributed by atoms with Gasteiger partial charge in [-0.2, -0.15) is 0 Å². The molecule has 33 heavy (non-hydrogen) atoms. The molecule has 3 aromatic rings. The summed E-state index contributed by atoms with van der Waals surface area (Å²) in [5.41, 5.74) is 2.82. The van der Waals surface area contributed by atoms with Crippen LogP contribution >= 0.6 is 22.6 Å². The molecule has 0 aliphatic carbocycles. The predicted octanol–water partition coefficient (Wildman–Crippen LogP) is 5.14. The van der Waals surface area contributed by atoms with E-state index in [1.165, 1.54) is 0 Å². The molecule has 1 heterocycles. The molecule has 0 fully saturated rings. The number of fused-ring (bicyclic) bond motifs is 1. The number of nitrogens with zero attached hydrogens (tertiary/aromatic N) is 1. The van der Waals surface area contributed by atoms with Crippen LogP contribution in [0.25, 0.3) is 0 Å². The number of rotatable bonds is 7. The van der Waals surface area contributed by atoms with Crippen molar-refractivity contribution in [3.05, 3.63) is 80.9 Å². The van der Waals surface area contributed by atoms with Gasteiger partial charge in [-0.1, -0.05) is 12.1 Å². The van der Waals surface area contributed by atoms with Gasteiger partial charge >= 0.3 is 0 Å². The summed E-state index contributed by atoms with van der Waals surface area (Å²) >= 11 is 2.21. The first kappa shape index (κ1) is 23.2. The molecule has 0 spiro atoms. The van der Waals surface area contributed by atoms with E-state index in [2.05, 4.69) is 22.6 Å². The smallest absolute Gasteiger partial charge is 0.255 e. The number of hydrogen-bond acceptors (Lipinski definition) is 5. The summed E-state index contributed by atoms with van der Waals surface area (Å²) in [5.74, 6) is 2.78. The van der Waals surface area contributed by atoms with Crippen LogP contribution in [0, 0.1) is 3.57 Å². The number of methoxy groups -OCH3 is 3. The quantitative estimate of drug-likeness (QED) is 0.376. The molecule has 3 aromatic carbocycles. The topological polar surface area (TPSA) is 57.2 Å². The van der Waals surface area contributed by atoms with Crippen molar-refractivity contribution in [2.75, 3.05) is 34.5 Å². The van der Waals surface area contributed by atoms with Crippen molar-refractivity contribution in [3.8, 4) is 23.0 Å². The lowest BCUT2D eigenvalue weighted by molar-refractivity contribution is 0.0588. The first-order chi connectivity index (χ1) is 16.0. The van der Waals surface area contributed by atoms with Crippen molar-refractivity contribution >= 4 is 28.5 Å². The Morgan fingerprint density at radius 3 is 2.27 bits per heavy atom. The molecular formula is C26H26INO5. The highest BCUT2D eigenvalue weighted by Crippen LogP contribution is 2.39. The molecule has 0 radical (unpaired) electrons. The average Bonchev–Trinajstić information content (AvgIpc) is 2.86. The zero-order valence-corrected chi connectivity index (χ0v) is 21.0. The normalized spacial score (nSPS) is 14.9. The van der Waals surface area contributed by atoms with E-state index in [1.54, 1.807) is 21.3 Å². The fraction of sp³-hybridized carbons (Fsp3) is 0.269. The largest absolute Gasteiger partial charge is 0.497 e. The summed E-state index contributed by atoms with van der Waals surface area (Å²) < 4.78 is 23.4. The Morgan fingerprint density at radius 1 is 0.939 bits per heavy atom. The van der Waals surface area contributed by atoms with Gasteiger partial charge in [0.15, 0.2) is 11.5 Å². The van der Waals surface area contributed by atoms with Crippen molar-refractivity contribution < 1.29 is 23.7 Å². The number of hydrogen-bond donors (Lipinski definition) is 0. The zero-order chi connectivity index (χ0) is 23.4. The van der Waals surface area contributed by atoms with Crippen molar-refractivity contribution in [1.29, 1.82) is 0 Å². The van der Waals surface area contributed by atoms with Crippen LogP contribution < -0.4 is 18.9 Å². The summed E-state index contributed by atoms with van der Waals surface area (Å²) in [4.78, 5) is 15.5. The Labute approximate surface area is 207 Å². The molecular weight excluding hydrogens is 533 g/mol. The molecule has 0 aromatic heterocycles. The molecule has 0 saturated heterocycles. The van der Waals surface area contributed by atoms with Crippen LogP contribution in [0.3, 0.4) is 0 Å². The predicted molar refractivity (Wildman–Crippen MR) is 135 cm³/mol. The van der Waals surface area contributed by atoms with Crippen LogP contribution in [0.15, 0.2) is 60.7 Å². The van der Waals surface area contributed by atoms with Crippen molar-refractivity contribution in [2.45, 2.75) is 12.5 Å². The Bertz CT molecular complexity index is 1130. The van der Waals surface area contributed by atoms with Crippen LogP contribution in [-0.2, 0) is 6.42 Å². The summed E-state index contributed by atoms with van der Waals surface area (Å²) in [6, 6.07) is 18.8. The highest BCUT2D eigenvalue weighted by Gasteiger charge is 2.34. The second-order valence-electron chi connectivity index (χ2n) is 7.64. The van der Waals surface area contributed by atoms with Crippen LogP contribution in [0.1, 0.15) is 27.5 Å². The first-order valence-electron chi connectivity index (χ1n) is 10.6. The lowest BCUT2D eigenvalue weighted by atomic mass is 9.91. The maximum absolute atomic E-state index is 13.6. The molecule has 7 heteroatoms. The van der Waals surface area contributed by atoms with Gasteiger partial charge in [0, 0.05) is 10.1 Å². The van der Waals surface area contributed by atoms with Gasteiger partial charge in [-0.15, -0.1) is 0 Å². The highest BCUT2D eigenvalue weighted by molar-refractivity contribution is 14.1. The minimum absolute atomic E-state index is 0.0104. The molecule has 0 bridgehead atoms. The maximum atomic E-state index is 13.6. The monoisotopic (exact) mass is 559 g/mol. The van der Waals surface area contributed by atoms with Crippen molar-refractivity contribution in [1.82, 2.24) is 4.90 Å². The summed E-state index contributed by atoms with van der Waals surface area (Å²) in [6.07, 6.45) is 0.726. The number of ether oxygens (including phenoxy) is 4. The van der Waals surface area contributed by atoms with Crippen LogP contribution in [0.5, 0.6) is 23.0 Å². The molecule has 0 saturated carbocycles. The number of carbonyl (C=O) groups excluding carboxylic acids is 1. The van der Waals surface area contributed by atoms with E-state index < -0.39 is 0 Å². The third-order valence-corrected chi connectivity index (χ3v) is 6.78. The zero-order valence-electron chi connectivity index (χ0n) is 18.8. The summed E-state index contributed by atoms with van der Waals surface area (Å²) in [5, 5.41) is 0. The van der Waals surface area contributed by atoms with Gasteiger partial charge in [-0.05, 0) is 88.7 Å². The molecule has 1 aliphatic rings. The van der Waals surface area contributed by atoms with Crippen molar-refractivity contribution in [2.24, 2.45) is 0 Å². The van der Waals surface area contributed by atoms with Gasteiger partial charge < -0.3 is 23.8 Å². The lowest BCUT2D eigenvalue weighted by Crippen LogP contribution is -2.42. The molecule has 6 nitrogen and oxygen atoms in total. The third-order valence-electron chi connectivity index (χ3n) is 5.84. The third kappa shape index (κ3) is 4.88. The van der Waals surface area contributed by atoms with Gasteiger partial charge in [0.1, 0.15) is 18.1 Å². The number of carbonyl (C=O) groups is 1. The molecule has 4 rings (SSSR count). The Hall–Kier alpha value is -2.94. The summed E-state index contributed by atoms with van der Waals surface area (Å²) in [6.45, 7) is 0.896. The van der Waals surface area contributed by atoms with Gasteiger partial charge in [0.25, 0.3) is 5.91 Å². The highest BCUT2D eigenvalue weighted by atomic mass is 127. The first-order valence-corrected chi connectivity index (χ1v) is 11.7. The second kappa shape index (κ2) is 10.3. The molecule has 172 valence electrons. The lowest BCUT2D eigenvalue weighted by Gasteiger charge is -2.38. The van der Waals surface area contributed by atoms with E-state index >= 15 is 0 Å². The molecule has 1 unspecified atom stereocenters.